The van der Waals surface area contributed by atoms with E-state index in [1.807, 2.05) is 0 Å². The van der Waals surface area contributed by atoms with Crippen LogP contribution in [0.5, 0.6) is 0 Å². The van der Waals surface area contributed by atoms with E-state index in [0.29, 0.717) is 0 Å². The first-order valence-electron chi connectivity index (χ1n) is 6.46. The van der Waals surface area contributed by atoms with E-state index in [2.05, 4.69) is 9.47 Å². The third kappa shape index (κ3) is 4.50. The molecule has 0 radical (unpaired) electrons. The van der Waals surface area contributed by atoms with Gasteiger partial charge >= 0.3 is 11.9 Å². The first-order chi connectivity index (χ1) is 10.8. The standard InChI is InChI=1S/C16H16FNO5/c1-9(18)14(12(16(21)23-3)8-13(19)22-2)15(20)10-4-6-11(17)7-5-10/h4-8H,18H2,1-3H3/b12-8+,14-9-. The zero-order valence-electron chi connectivity index (χ0n) is 12.9. The van der Waals surface area contributed by atoms with Crippen molar-refractivity contribution in [2.45, 2.75) is 6.92 Å². The predicted octanol–water partition coefficient (Wildman–Crippen LogP) is 1.51. The number of esters is 2. The van der Waals surface area contributed by atoms with E-state index in [1.165, 1.54) is 19.1 Å². The number of nitrogens with two attached hydrogens (primary N) is 1. The third-order valence-corrected chi connectivity index (χ3v) is 2.87. The summed E-state index contributed by atoms with van der Waals surface area (Å²) in [7, 11) is 2.22. The second-order valence-electron chi connectivity index (χ2n) is 4.47. The molecule has 0 bridgehead atoms. The van der Waals surface area contributed by atoms with Gasteiger partial charge in [-0.3, -0.25) is 4.79 Å². The van der Waals surface area contributed by atoms with Crippen molar-refractivity contribution in [3.05, 3.63) is 58.6 Å². The second-order valence-corrected chi connectivity index (χ2v) is 4.47. The van der Waals surface area contributed by atoms with Crippen LogP contribution in [0.25, 0.3) is 0 Å². The zero-order chi connectivity index (χ0) is 17.6. The molecule has 7 heteroatoms. The van der Waals surface area contributed by atoms with Crippen LogP contribution in [-0.4, -0.2) is 31.9 Å². The molecule has 0 heterocycles. The Morgan fingerprint density at radius 3 is 2.09 bits per heavy atom. The van der Waals surface area contributed by atoms with Crippen LogP contribution in [0.2, 0.25) is 0 Å². The highest BCUT2D eigenvalue weighted by Crippen LogP contribution is 2.20. The molecule has 0 unspecified atom stereocenters. The lowest BCUT2D eigenvalue weighted by molar-refractivity contribution is -0.138. The number of methoxy groups -OCH3 is 2. The first-order valence-corrected chi connectivity index (χ1v) is 6.46. The molecule has 0 saturated carbocycles. The lowest BCUT2D eigenvalue weighted by Gasteiger charge is -2.11. The Hall–Kier alpha value is -2.96. The maximum Gasteiger partial charge on any atom is 0.338 e. The highest BCUT2D eigenvalue weighted by atomic mass is 19.1. The van der Waals surface area contributed by atoms with Crippen LogP contribution in [0.1, 0.15) is 17.3 Å². The minimum Gasteiger partial charge on any atom is -0.466 e. The maximum atomic E-state index is 13.0. The first kappa shape index (κ1) is 18.1. The molecule has 0 saturated heterocycles. The van der Waals surface area contributed by atoms with Gasteiger partial charge in [-0.15, -0.1) is 0 Å². The summed E-state index contributed by atoms with van der Waals surface area (Å²) in [6.07, 6.45) is 0.818. The van der Waals surface area contributed by atoms with E-state index in [9.17, 15) is 18.8 Å². The van der Waals surface area contributed by atoms with Crippen LogP contribution in [-0.2, 0) is 19.1 Å². The smallest absolute Gasteiger partial charge is 0.338 e. The molecule has 1 aromatic carbocycles. The summed E-state index contributed by atoms with van der Waals surface area (Å²) in [5, 5.41) is 0. The molecule has 0 aliphatic heterocycles. The van der Waals surface area contributed by atoms with Gasteiger partial charge in [-0.2, -0.15) is 0 Å². The number of carbonyl (C=O) groups excluding carboxylic acids is 3. The topological polar surface area (TPSA) is 95.7 Å². The lowest BCUT2D eigenvalue weighted by atomic mass is 9.94. The van der Waals surface area contributed by atoms with E-state index in [1.54, 1.807) is 0 Å². The minimum absolute atomic E-state index is 0.000113. The van der Waals surface area contributed by atoms with E-state index in [0.717, 1.165) is 32.4 Å². The Balaban J connectivity index is 3.43. The van der Waals surface area contributed by atoms with Gasteiger partial charge < -0.3 is 15.2 Å². The number of allylic oxidation sites excluding steroid dienone is 1. The second kappa shape index (κ2) is 7.88. The summed E-state index contributed by atoms with van der Waals surface area (Å²) in [5.41, 5.74) is 5.25. The summed E-state index contributed by atoms with van der Waals surface area (Å²) in [4.78, 5) is 35.9. The molecule has 0 aromatic heterocycles. The molecule has 1 aromatic rings. The largest absolute Gasteiger partial charge is 0.466 e. The summed E-state index contributed by atoms with van der Waals surface area (Å²) >= 11 is 0. The fraction of sp³-hybridized carbons (Fsp3) is 0.188. The molecular weight excluding hydrogens is 305 g/mol. The molecule has 0 fully saturated rings. The van der Waals surface area contributed by atoms with Gasteiger partial charge in [0.2, 0.25) is 0 Å². The average Bonchev–Trinajstić information content (AvgIpc) is 2.53. The monoisotopic (exact) mass is 321 g/mol. The molecule has 0 aliphatic rings. The summed E-state index contributed by atoms with van der Waals surface area (Å²) in [6, 6.07) is 4.68. The Kier molecular flexibility index (Phi) is 6.20. The van der Waals surface area contributed by atoms with Gasteiger partial charge in [-0.1, -0.05) is 0 Å². The number of benzene rings is 1. The Bertz CT molecular complexity index is 685. The number of hydrogen-bond acceptors (Lipinski definition) is 6. The molecule has 0 aliphatic carbocycles. The van der Waals surface area contributed by atoms with Gasteiger partial charge in [0.05, 0.1) is 25.4 Å². The van der Waals surface area contributed by atoms with E-state index >= 15 is 0 Å². The Labute approximate surface area is 132 Å². The summed E-state index contributed by atoms with van der Waals surface area (Å²) in [5.74, 6) is -2.94. The van der Waals surface area contributed by atoms with Crippen molar-refractivity contribution in [3.63, 3.8) is 0 Å². The summed E-state index contributed by atoms with van der Waals surface area (Å²) in [6.45, 7) is 1.39. The van der Waals surface area contributed by atoms with Crippen LogP contribution in [0, 0.1) is 5.82 Å². The van der Waals surface area contributed by atoms with Gasteiger partial charge in [0.25, 0.3) is 0 Å². The normalized spacial score (nSPS) is 12.3. The highest BCUT2D eigenvalue weighted by molar-refractivity contribution is 6.19. The van der Waals surface area contributed by atoms with Crippen molar-refractivity contribution in [1.82, 2.24) is 0 Å². The third-order valence-electron chi connectivity index (χ3n) is 2.87. The fourth-order valence-electron chi connectivity index (χ4n) is 1.78. The van der Waals surface area contributed by atoms with E-state index in [-0.39, 0.29) is 22.4 Å². The van der Waals surface area contributed by atoms with Crippen LogP contribution in [0.15, 0.2) is 47.2 Å². The molecule has 0 spiro atoms. The van der Waals surface area contributed by atoms with Gasteiger partial charge in [0.15, 0.2) is 5.78 Å². The van der Waals surface area contributed by atoms with E-state index < -0.39 is 23.5 Å². The number of ether oxygens (including phenoxy) is 2. The fourth-order valence-corrected chi connectivity index (χ4v) is 1.78. The zero-order valence-corrected chi connectivity index (χ0v) is 12.9. The molecule has 122 valence electrons. The molecule has 6 nitrogen and oxygen atoms in total. The molecule has 23 heavy (non-hydrogen) atoms. The van der Waals surface area contributed by atoms with Crippen LogP contribution >= 0.6 is 0 Å². The lowest BCUT2D eigenvalue weighted by Crippen LogP contribution is -2.19. The van der Waals surface area contributed by atoms with Crippen molar-refractivity contribution in [2.75, 3.05) is 14.2 Å². The molecule has 0 amide bonds. The highest BCUT2D eigenvalue weighted by Gasteiger charge is 2.25. The molecule has 0 atom stereocenters. The quantitative estimate of drug-likeness (QED) is 0.382. The van der Waals surface area contributed by atoms with Gasteiger partial charge in [0.1, 0.15) is 5.82 Å². The number of rotatable bonds is 5. The Morgan fingerprint density at radius 2 is 1.65 bits per heavy atom. The number of halogens is 1. The minimum atomic E-state index is -0.925. The molecular formula is C16H16FNO5. The number of Topliss-reactive ketones (excluding diaryl/α,β-unsaturated/α-hetero) is 1. The summed E-state index contributed by atoms with van der Waals surface area (Å²) < 4.78 is 22.0. The van der Waals surface area contributed by atoms with Crippen molar-refractivity contribution in [1.29, 1.82) is 0 Å². The van der Waals surface area contributed by atoms with Gasteiger partial charge in [0, 0.05) is 17.3 Å². The van der Waals surface area contributed by atoms with Crippen molar-refractivity contribution < 1.29 is 28.2 Å². The van der Waals surface area contributed by atoms with Crippen molar-refractivity contribution >= 4 is 17.7 Å². The number of ketones is 1. The van der Waals surface area contributed by atoms with Crippen molar-refractivity contribution in [2.24, 2.45) is 5.73 Å². The van der Waals surface area contributed by atoms with Crippen LogP contribution < -0.4 is 5.73 Å². The van der Waals surface area contributed by atoms with Gasteiger partial charge in [-0.05, 0) is 31.2 Å². The maximum absolute atomic E-state index is 13.0. The van der Waals surface area contributed by atoms with E-state index in [4.69, 9.17) is 5.73 Å². The number of hydrogen-bond donors (Lipinski definition) is 1. The average molecular weight is 321 g/mol. The number of carbonyl (C=O) groups is 3. The van der Waals surface area contributed by atoms with Crippen LogP contribution in [0.3, 0.4) is 0 Å². The molecule has 2 N–H and O–H groups in total. The SMILES string of the molecule is COC(=O)/C=C(C(=O)OC)\C(C(=O)c1ccc(F)cc1)=C(/C)N. The molecule has 1 rings (SSSR count). The van der Waals surface area contributed by atoms with Crippen LogP contribution in [0.4, 0.5) is 4.39 Å². The predicted molar refractivity (Wildman–Crippen MR) is 79.7 cm³/mol. The van der Waals surface area contributed by atoms with Crippen molar-refractivity contribution in [3.8, 4) is 0 Å². The van der Waals surface area contributed by atoms with Gasteiger partial charge in [-0.25, -0.2) is 14.0 Å². The Morgan fingerprint density at radius 1 is 1.09 bits per heavy atom.